The monoisotopic (exact) mass is 255 g/mol. The van der Waals surface area contributed by atoms with E-state index in [0.29, 0.717) is 0 Å². The van der Waals surface area contributed by atoms with Gasteiger partial charge in [0.25, 0.3) is 0 Å². The van der Waals surface area contributed by atoms with E-state index in [1.165, 1.54) is 11.1 Å². The molecule has 0 aliphatic heterocycles. The normalized spacial score (nSPS) is 12.7. The van der Waals surface area contributed by atoms with Gasteiger partial charge in [-0.15, -0.1) is 9.24 Å². The van der Waals surface area contributed by atoms with E-state index < -0.39 is 0 Å². The van der Waals surface area contributed by atoms with Crippen molar-refractivity contribution in [1.29, 1.82) is 0 Å². The molecular formula is C16H18NP. The zero-order valence-electron chi connectivity index (χ0n) is 10.3. The lowest BCUT2D eigenvalue weighted by molar-refractivity contribution is 0.701. The Morgan fingerprint density at radius 3 is 2.17 bits per heavy atom. The maximum atomic E-state index is 3.45. The molecule has 0 radical (unpaired) electrons. The molecule has 0 saturated heterocycles. The predicted octanol–water partition coefficient (Wildman–Crippen LogP) is 3.86. The van der Waals surface area contributed by atoms with Gasteiger partial charge in [-0.1, -0.05) is 72.8 Å². The Labute approximate surface area is 111 Å². The van der Waals surface area contributed by atoms with Crippen LogP contribution in [0, 0.1) is 0 Å². The molecule has 0 aliphatic rings. The van der Waals surface area contributed by atoms with E-state index in [4.69, 9.17) is 0 Å². The minimum absolute atomic E-state index is 0.254. The summed E-state index contributed by atoms with van der Waals surface area (Å²) in [5.74, 6) is 0. The van der Waals surface area contributed by atoms with Crippen molar-refractivity contribution in [3.05, 3.63) is 77.9 Å². The molecule has 1 N–H and O–H groups in total. The Morgan fingerprint density at radius 1 is 0.944 bits per heavy atom. The van der Waals surface area contributed by atoms with Gasteiger partial charge in [0.1, 0.15) is 0 Å². The third-order valence-electron chi connectivity index (χ3n) is 2.78. The van der Waals surface area contributed by atoms with Crippen LogP contribution in [0.15, 0.2) is 66.7 Å². The van der Waals surface area contributed by atoms with E-state index >= 15 is 0 Å². The molecule has 0 aliphatic carbocycles. The molecule has 2 heteroatoms. The second kappa shape index (κ2) is 7.10. The maximum absolute atomic E-state index is 3.45. The van der Waals surface area contributed by atoms with Gasteiger partial charge in [0, 0.05) is 6.29 Å². The minimum Gasteiger partial charge on any atom is -0.303 e. The summed E-state index contributed by atoms with van der Waals surface area (Å²) in [6.45, 7) is 0. The van der Waals surface area contributed by atoms with E-state index in [2.05, 4.69) is 75.2 Å². The van der Waals surface area contributed by atoms with Gasteiger partial charge in [-0.2, -0.15) is 0 Å². The Hall–Kier alpha value is -1.43. The molecule has 1 nitrogen and oxygen atoms in total. The first-order valence-corrected chi connectivity index (χ1v) is 6.93. The summed E-state index contributed by atoms with van der Waals surface area (Å²) in [6, 6.07) is 21.1. The Kier molecular flexibility index (Phi) is 5.14. The van der Waals surface area contributed by atoms with Crippen molar-refractivity contribution in [3.63, 3.8) is 0 Å². The molecule has 0 amide bonds. The van der Waals surface area contributed by atoms with E-state index in [9.17, 15) is 0 Å². The third-order valence-corrected chi connectivity index (χ3v) is 3.01. The number of benzene rings is 2. The van der Waals surface area contributed by atoms with Crippen molar-refractivity contribution in [2.75, 3.05) is 6.29 Å². The zero-order chi connectivity index (χ0) is 12.6. The van der Waals surface area contributed by atoms with Crippen molar-refractivity contribution in [2.45, 2.75) is 6.04 Å². The van der Waals surface area contributed by atoms with Crippen LogP contribution >= 0.6 is 9.24 Å². The topological polar surface area (TPSA) is 12.0 Å². The molecule has 18 heavy (non-hydrogen) atoms. The molecule has 0 saturated carbocycles. The molecular weight excluding hydrogens is 237 g/mol. The fourth-order valence-electron chi connectivity index (χ4n) is 1.86. The van der Waals surface area contributed by atoms with Crippen LogP contribution in [-0.4, -0.2) is 6.29 Å². The maximum Gasteiger partial charge on any atom is 0.0512 e. The second-order valence-electron chi connectivity index (χ2n) is 4.07. The molecule has 0 aromatic heterocycles. The molecule has 0 heterocycles. The summed E-state index contributed by atoms with van der Waals surface area (Å²) in [5.41, 5.74) is 2.51. The van der Waals surface area contributed by atoms with Crippen LogP contribution in [0.2, 0.25) is 0 Å². The van der Waals surface area contributed by atoms with Crippen LogP contribution < -0.4 is 5.32 Å². The smallest absolute Gasteiger partial charge is 0.0512 e. The lowest BCUT2D eigenvalue weighted by Gasteiger charge is -2.13. The molecule has 0 fully saturated rings. The van der Waals surface area contributed by atoms with Crippen molar-refractivity contribution < 1.29 is 0 Å². The van der Waals surface area contributed by atoms with Gasteiger partial charge >= 0.3 is 0 Å². The Morgan fingerprint density at radius 2 is 1.56 bits per heavy atom. The molecule has 1 unspecified atom stereocenters. The van der Waals surface area contributed by atoms with Gasteiger partial charge in [0.05, 0.1) is 6.04 Å². The number of hydrogen-bond acceptors (Lipinski definition) is 1. The highest BCUT2D eigenvalue weighted by molar-refractivity contribution is 7.16. The van der Waals surface area contributed by atoms with Crippen LogP contribution in [0.1, 0.15) is 17.2 Å². The Bertz CT molecular complexity index is 479. The molecule has 2 atom stereocenters. The average Bonchev–Trinajstić information content (AvgIpc) is 2.45. The second-order valence-corrected chi connectivity index (χ2v) is 4.47. The van der Waals surface area contributed by atoms with Gasteiger partial charge < -0.3 is 5.32 Å². The lowest BCUT2D eigenvalue weighted by Crippen LogP contribution is -2.17. The van der Waals surface area contributed by atoms with Crippen LogP contribution in [0.25, 0.3) is 6.08 Å². The average molecular weight is 255 g/mol. The van der Waals surface area contributed by atoms with Gasteiger partial charge in [-0.05, 0) is 11.1 Å². The quantitative estimate of drug-likeness (QED) is 0.800. The van der Waals surface area contributed by atoms with Crippen molar-refractivity contribution in [1.82, 2.24) is 5.32 Å². The lowest BCUT2D eigenvalue weighted by atomic mass is 10.1. The molecule has 0 bridgehead atoms. The van der Waals surface area contributed by atoms with Gasteiger partial charge in [0.2, 0.25) is 0 Å². The van der Waals surface area contributed by atoms with E-state index in [1.807, 2.05) is 12.1 Å². The molecule has 2 rings (SSSR count). The van der Waals surface area contributed by atoms with Crippen LogP contribution in [0.4, 0.5) is 0 Å². The van der Waals surface area contributed by atoms with E-state index in [-0.39, 0.29) is 6.04 Å². The first kappa shape index (κ1) is 13.0. The number of hydrogen-bond donors (Lipinski definition) is 1. The zero-order valence-corrected chi connectivity index (χ0v) is 11.4. The SMILES string of the molecule is PCN[C@H](/C=C/c1ccccc1)c1ccccc1. The van der Waals surface area contributed by atoms with Gasteiger partial charge in [-0.3, -0.25) is 0 Å². The molecule has 2 aromatic rings. The third kappa shape index (κ3) is 3.80. The van der Waals surface area contributed by atoms with Crippen LogP contribution in [-0.2, 0) is 0 Å². The molecule has 92 valence electrons. The van der Waals surface area contributed by atoms with Crippen molar-refractivity contribution in [2.24, 2.45) is 0 Å². The van der Waals surface area contributed by atoms with E-state index in [1.54, 1.807) is 0 Å². The number of rotatable bonds is 5. The van der Waals surface area contributed by atoms with Gasteiger partial charge in [0.15, 0.2) is 0 Å². The molecule has 0 spiro atoms. The van der Waals surface area contributed by atoms with Crippen molar-refractivity contribution in [3.8, 4) is 0 Å². The van der Waals surface area contributed by atoms with Crippen LogP contribution in [0.3, 0.4) is 0 Å². The summed E-state index contributed by atoms with van der Waals surface area (Å²) in [6.07, 6.45) is 5.23. The first-order chi connectivity index (χ1) is 8.90. The first-order valence-electron chi connectivity index (χ1n) is 6.12. The number of nitrogens with one attached hydrogen (secondary N) is 1. The summed E-state index contributed by atoms with van der Waals surface area (Å²) in [4.78, 5) is 0. The van der Waals surface area contributed by atoms with E-state index in [0.717, 1.165) is 6.29 Å². The highest BCUT2D eigenvalue weighted by Gasteiger charge is 2.04. The minimum atomic E-state index is 0.254. The highest BCUT2D eigenvalue weighted by Crippen LogP contribution is 2.16. The standard InChI is InChI=1S/C16H18NP/c18-13-17-16(15-9-5-2-6-10-15)12-11-14-7-3-1-4-8-14/h1-12,16-17H,13,18H2/b12-11+/t16-/m1/s1. The Balaban J connectivity index is 2.14. The molecule has 2 aromatic carbocycles. The fourth-order valence-corrected chi connectivity index (χ4v) is 2.11. The predicted molar refractivity (Wildman–Crippen MR) is 82.4 cm³/mol. The summed E-state index contributed by atoms with van der Waals surface area (Å²) < 4.78 is 0. The van der Waals surface area contributed by atoms with Crippen molar-refractivity contribution >= 4 is 15.3 Å². The van der Waals surface area contributed by atoms with Gasteiger partial charge in [-0.25, -0.2) is 0 Å². The summed E-state index contributed by atoms with van der Waals surface area (Å²) in [7, 11) is 2.71. The highest BCUT2D eigenvalue weighted by atomic mass is 31.0. The summed E-state index contributed by atoms with van der Waals surface area (Å²) >= 11 is 0. The van der Waals surface area contributed by atoms with Crippen LogP contribution in [0.5, 0.6) is 0 Å². The largest absolute Gasteiger partial charge is 0.303 e. The summed E-state index contributed by atoms with van der Waals surface area (Å²) in [5, 5.41) is 3.45. The fraction of sp³-hybridized carbons (Fsp3) is 0.125.